The Labute approximate surface area is 97.4 Å². The summed E-state index contributed by atoms with van der Waals surface area (Å²) in [7, 11) is 0. The van der Waals surface area contributed by atoms with E-state index in [-0.39, 0.29) is 31.3 Å². The van der Waals surface area contributed by atoms with Crippen LogP contribution in [0.4, 0.5) is 4.79 Å². The van der Waals surface area contributed by atoms with E-state index in [0.717, 1.165) is 0 Å². The van der Waals surface area contributed by atoms with E-state index in [1.807, 2.05) is 0 Å². The van der Waals surface area contributed by atoms with Gasteiger partial charge in [-0.3, -0.25) is 4.79 Å². The summed E-state index contributed by atoms with van der Waals surface area (Å²) >= 11 is 0. The summed E-state index contributed by atoms with van der Waals surface area (Å²) in [5, 5.41) is 24.8. The molecule has 1 rings (SSSR count). The van der Waals surface area contributed by atoms with Crippen LogP contribution < -0.4 is 16.0 Å². The number of hydrogen-bond acceptors (Lipinski definition) is 4. The minimum absolute atomic E-state index is 0.0490. The third-order valence-corrected chi connectivity index (χ3v) is 2.30. The molecule has 8 nitrogen and oxygen atoms in total. The first kappa shape index (κ1) is 13.2. The van der Waals surface area contributed by atoms with Crippen LogP contribution in [0.25, 0.3) is 0 Å². The Kier molecular flexibility index (Phi) is 4.70. The van der Waals surface area contributed by atoms with Gasteiger partial charge in [0, 0.05) is 25.9 Å². The molecule has 1 saturated heterocycles. The summed E-state index contributed by atoms with van der Waals surface area (Å²) in [6.07, 6.45) is -1.31. The minimum atomic E-state index is -1.48. The number of carbonyl (C=O) groups excluding carboxylic acids is 2. The van der Waals surface area contributed by atoms with Crippen LogP contribution in [0.3, 0.4) is 0 Å². The normalized spacial score (nSPS) is 20.5. The van der Waals surface area contributed by atoms with E-state index in [2.05, 4.69) is 16.0 Å². The van der Waals surface area contributed by atoms with Crippen molar-refractivity contribution >= 4 is 17.9 Å². The lowest BCUT2D eigenvalue weighted by molar-refractivity contribution is -0.146. The summed E-state index contributed by atoms with van der Waals surface area (Å²) in [5.41, 5.74) is 0. The first-order chi connectivity index (χ1) is 7.99. The molecule has 0 aliphatic carbocycles. The molecular formula is C9H15N3O5. The van der Waals surface area contributed by atoms with Gasteiger partial charge < -0.3 is 26.2 Å². The molecule has 0 spiro atoms. The Bertz CT molecular complexity index is 320. The second kappa shape index (κ2) is 6.04. The highest BCUT2D eigenvalue weighted by molar-refractivity contribution is 5.81. The number of hydrogen-bond donors (Lipinski definition) is 5. The number of urea groups is 1. The van der Waals surface area contributed by atoms with E-state index in [1.54, 1.807) is 0 Å². The average Bonchev–Trinajstić information content (AvgIpc) is 2.63. The summed E-state index contributed by atoms with van der Waals surface area (Å²) in [5.74, 6) is -1.44. The molecule has 5 N–H and O–H groups in total. The van der Waals surface area contributed by atoms with Crippen LogP contribution in [0.2, 0.25) is 0 Å². The van der Waals surface area contributed by atoms with Gasteiger partial charge in [0.1, 0.15) is 0 Å². The highest BCUT2D eigenvalue weighted by Crippen LogP contribution is 1.98. The fourth-order valence-electron chi connectivity index (χ4n) is 1.39. The van der Waals surface area contributed by atoms with Crippen molar-refractivity contribution in [3.05, 3.63) is 0 Å². The number of amides is 3. The topological polar surface area (TPSA) is 128 Å². The summed E-state index contributed by atoms with van der Waals surface area (Å²) in [4.78, 5) is 32.4. The van der Waals surface area contributed by atoms with Crippen LogP contribution in [-0.4, -0.2) is 53.4 Å². The van der Waals surface area contributed by atoms with E-state index in [4.69, 9.17) is 10.2 Å². The number of nitrogens with one attached hydrogen (secondary N) is 3. The zero-order chi connectivity index (χ0) is 12.8. The van der Waals surface area contributed by atoms with Crippen molar-refractivity contribution in [3.8, 4) is 0 Å². The number of aliphatic hydroxyl groups excluding tert-OH is 1. The molecule has 1 fully saturated rings. The van der Waals surface area contributed by atoms with Crippen LogP contribution in [0.1, 0.15) is 12.8 Å². The molecule has 0 bridgehead atoms. The van der Waals surface area contributed by atoms with E-state index >= 15 is 0 Å². The van der Waals surface area contributed by atoms with Crippen molar-refractivity contribution in [2.45, 2.75) is 25.0 Å². The number of rotatable bonds is 5. The maximum absolute atomic E-state index is 11.3. The predicted molar refractivity (Wildman–Crippen MR) is 56.2 cm³/mol. The highest BCUT2D eigenvalue weighted by atomic mass is 16.4. The Hall–Kier alpha value is -1.83. The Morgan fingerprint density at radius 3 is 2.76 bits per heavy atom. The number of aliphatic hydroxyl groups is 1. The monoisotopic (exact) mass is 245 g/mol. The van der Waals surface area contributed by atoms with Crippen LogP contribution >= 0.6 is 0 Å². The van der Waals surface area contributed by atoms with Gasteiger partial charge in [0.05, 0.1) is 6.04 Å². The summed E-state index contributed by atoms with van der Waals surface area (Å²) < 4.78 is 0. The fraction of sp³-hybridized carbons (Fsp3) is 0.667. The largest absolute Gasteiger partial charge is 0.479 e. The lowest BCUT2D eigenvalue weighted by Gasteiger charge is -2.12. The van der Waals surface area contributed by atoms with Crippen LogP contribution in [-0.2, 0) is 9.59 Å². The van der Waals surface area contributed by atoms with E-state index in [9.17, 15) is 14.4 Å². The standard InChI is InChI=1S/C9H15N3O5/c13-6(8(15)16)1-2-10-9(17)12-5-3-7(14)11-4-5/h5-6,13H,1-4H2,(H,11,14)(H,15,16)(H2,10,12,17). The van der Waals surface area contributed by atoms with Gasteiger partial charge in [0.25, 0.3) is 0 Å². The van der Waals surface area contributed by atoms with E-state index in [0.29, 0.717) is 6.54 Å². The third kappa shape index (κ3) is 4.68. The molecule has 8 heteroatoms. The molecule has 2 atom stereocenters. The van der Waals surface area contributed by atoms with Crippen molar-refractivity contribution in [2.24, 2.45) is 0 Å². The van der Waals surface area contributed by atoms with Gasteiger partial charge in [-0.1, -0.05) is 0 Å². The van der Waals surface area contributed by atoms with Gasteiger partial charge in [0.15, 0.2) is 6.10 Å². The zero-order valence-corrected chi connectivity index (χ0v) is 9.10. The molecule has 0 saturated carbocycles. The summed E-state index contributed by atoms with van der Waals surface area (Å²) in [6, 6.07) is -0.726. The smallest absolute Gasteiger partial charge is 0.332 e. The van der Waals surface area contributed by atoms with Crippen molar-refractivity contribution in [2.75, 3.05) is 13.1 Å². The van der Waals surface area contributed by atoms with Gasteiger partial charge in [-0.05, 0) is 0 Å². The molecule has 0 radical (unpaired) electrons. The molecule has 3 amide bonds. The maximum Gasteiger partial charge on any atom is 0.332 e. The second-order valence-electron chi connectivity index (χ2n) is 3.75. The Morgan fingerprint density at radius 1 is 1.53 bits per heavy atom. The van der Waals surface area contributed by atoms with Gasteiger partial charge >= 0.3 is 12.0 Å². The quantitative estimate of drug-likeness (QED) is 0.383. The number of aliphatic carboxylic acids is 1. The molecule has 0 aromatic rings. The second-order valence-corrected chi connectivity index (χ2v) is 3.75. The number of carbonyl (C=O) groups is 3. The first-order valence-electron chi connectivity index (χ1n) is 5.21. The summed E-state index contributed by atoms with van der Waals surface area (Å²) in [6.45, 7) is 0.442. The number of carboxylic acid groups (broad SMARTS) is 1. The zero-order valence-electron chi connectivity index (χ0n) is 9.10. The Balaban J connectivity index is 2.13. The molecule has 1 heterocycles. The van der Waals surface area contributed by atoms with Gasteiger partial charge in [-0.25, -0.2) is 9.59 Å². The SMILES string of the molecule is O=C1CC(NC(=O)NCCC(O)C(=O)O)CN1. The lowest BCUT2D eigenvalue weighted by Crippen LogP contribution is -2.44. The molecule has 0 aromatic carbocycles. The molecule has 0 aromatic heterocycles. The molecule has 2 unspecified atom stereocenters. The molecule has 1 aliphatic heterocycles. The van der Waals surface area contributed by atoms with Gasteiger partial charge in [-0.15, -0.1) is 0 Å². The van der Waals surface area contributed by atoms with Crippen LogP contribution in [0, 0.1) is 0 Å². The first-order valence-corrected chi connectivity index (χ1v) is 5.21. The van der Waals surface area contributed by atoms with Crippen molar-refractivity contribution in [1.29, 1.82) is 0 Å². The van der Waals surface area contributed by atoms with Crippen molar-refractivity contribution < 1.29 is 24.6 Å². The fourth-order valence-corrected chi connectivity index (χ4v) is 1.39. The molecule has 17 heavy (non-hydrogen) atoms. The average molecular weight is 245 g/mol. The molecular weight excluding hydrogens is 230 g/mol. The van der Waals surface area contributed by atoms with Gasteiger partial charge in [0.2, 0.25) is 5.91 Å². The van der Waals surface area contributed by atoms with Gasteiger partial charge in [-0.2, -0.15) is 0 Å². The van der Waals surface area contributed by atoms with Crippen LogP contribution in [0.15, 0.2) is 0 Å². The maximum atomic E-state index is 11.3. The number of carboxylic acids is 1. The predicted octanol–water partition coefficient (Wildman–Crippen LogP) is -1.99. The van der Waals surface area contributed by atoms with Crippen molar-refractivity contribution in [1.82, 2.24) is 16.0 Å². The Morgan fingerprint density at radius 2 is 2.24 bits per heavy atom. The molecule has 96 valence electrons. The minimum Gasteiger partial charge on any atom is -0.479 e. The molecule has 1 aliphatic rings. The third-order valence-electron chi connectivity index (χ3n) is 2.30. The van der Waals surface area contributed by atoms with E-state index in [1.165, 1.54) is 0 Å². The van der Waals surface area contributed by atoms with E-state index < -0.39 is 18.1 Å². The van der Waals surface area contributed by atoms with Crippen LogP contribution in [0.5, 0.6) is 0 Å². The lowest BCUT2D eigenvalue weighted by atomic mass is 10.2. The van der Waals surface area contributed by atoms with Crippen molar-refractivity contribution in [3.63, 3.8) is 0 Å². The highest BCUT2D eigenvalue weighted by Gasteiger charge is 2.22.